The predicted octanol–water partition coefficient (Wildman–Crippen LogP) is 1.03. The Kier molecular flexibility index (Phi) is 7.47. The van der Waals surface area contributed by atoms with Crippen LogP contribution >= 0.6 is 11.3 Å². The molecule has 2 amide bonds. The summed E-state index contributed by atoms with van der Waals surface area (Å²) in [7, 11) is -2.57. The summed E-state index contributed by atoms with van der Waals surface area (Å²) in [6, 6.07) is 4.61. The second-order valence-corrected chi connectivity index (χ2v) is 10.3. The number of carbonyl (C=O) groups excluding carboxylic acids is 3. The molecule has 3 rings (SSSR count). The fourth-order valence-corrected chi connectivity index (χ4v) is 5.92. The van der Waals surface area contributed by atoms with Gasteiger partial charge in [0, 0.05) is 26.2 Å². The number of carbonyl (C=O) groups is 3. The number of primary amides is 1. The molecule has 0 saturated carbocycles. The van der Waals surface area contributed by atoms with E-state index in [1.54, 1.807) is 11.8 Å². The molecule has 178 valence electrons. The first-order chi connectivity index (χ1) is 15.5. The third-order valence-corrected chi connectivity index (χ3v) is 8.30. The van der Waals surface area contributed by atoms with Gasteiger partial charge in [-0.2, -0.15) is 4.31 Å². The van der Waals surface area contributed by atoms with E-state index in [0.717, 1.165) is 23.5 Å². The van der Waals surface area contributed by atoms with Crippen LogP contribution in [0.25, 0.3) is 0 Å². The first kappa shape index (κ1) is 24.8. The van der Waals surface area contributed by atoms with Gasteiger partial charge < -0.3 is 15.8 Å². The number of sulfonamides is 1. The molecule has 1 aliphatic heterocycles. The summed E-state index contributed by atoms with van der Waals surface area (Å²) in [5.41, 5.74) is 5.74. The highest BCUT2D eigenvalue weighted by Gasteiger charge is 2.30. The maximum absolute atomic E-state index is 13.1. The Balaban J connectivity index is 1.63. The van der Waals surface area contributed by atoms with Gasteiger partial charge in [0.15, 0.2) is 0 Å². The third kappa shape index (κ3) is 5.38. The summed E-state index contributed by atoms with van der Waals surface area (Å²) in [5.74, 6) is -2.39. The Hall–Kier alpha value is -2.87. The Morgan fingerprint density at radius 3 is 2.30 bits per heavy atom. The molecule has 0 unspecified atom stereocenters. The van der Waals surface area contributed by atoms with Crippen LogP contribution in [-0.2, 0) is 19.6 Å². The molecule has 1 saturated heterocycles. The molecule has 1 aliphatic rings. The van der Waals surface area contributed by atoms with Crippen LogP contribution in [0.15, 0.2) is 29.2 Å². The highest BCUT2D eigenvalue weighted by atomic mass is 32.2. The van der Waals surface area contributed by atoms with Crippen LogP contribution in [0.2, 0.25) is 0 Å². The van der Waals surface area contributed by atoms with Crippen molar-refractivity contribution in [1.82, 2.24) is 9.21 Å². The Morgan fingerprint density at radius 2 is 1.76 bits per heavy atom. The van der Waals surface area contributed by atoms with Crippen LogP contribution in [0.4, 0.5) is 9.39 Å². The lowest BCUT2D eigenvalue weighted by atomic mass is 10.1. The number of hydrogen-bond acceptors (Lipinski definition) is 8. The fraction of sp³-hybridized carbons (Fsp3) is 0.350. The Morgan fingerprint density at radius 1 is 1.15 bits per heavy atom. The molecular formula is C20H23FN4O6S2. The van der Waals surface area contributed by atoms with Gasteiger partial charge in [-0.3, -0.25) is 14.5 Å². The maximum atomic E-state index is 13.1. The van der Waals surface area contributed by atoms with E-state index >= 15 is 0 Å². The van der Waals surface area contributed by atoms with Crippen molar-refractivity contribution in [2.75, 3.05) is 45.2 Å². The Labute approximate surface area is 194 Å². The van der Waals surface area contributed by atoms with Crippen molar-refractivity contribution in [2.45, 2.75) is 11.8 Å². The largest absolute Gasteiger partial charge is 0.465 e. The minimum absolute atomic E-state index is 0.00348. The van der Waals surface area contributed by atoms with Crippen LogP contribution in [0.1, 0.15) is 25.6 Å². The number of nitrogens with zero attached hydrogens (tertiary/aromatic N) is 2. The normalized spacial score (nSPS) is 15.2. The molecular weight excluding hydrogens is 475 g/mol. The van der Waals surface area contributed by atoms with Gasteiger partial charge in [-0.15, -0.1) is 11.3 Å². The van der Waals surface area contributed by atoms with E-state index in [1.165, 1.54) is 23.5 Å². The van der Waals surface area contributed by atoms with E-state index in [-0.39, 0.29) is 40.0 Å². The molecule has 0 atom stereocenters. The smallest absolute Gasteiger partial charge is 0.341 e. The van der Waals surface area contributed by atoms with E-state index in [1.807, 2.05) is 0 Å². The van der Waals surface area contributed by atoms with Gasteiger partial charge in [0.1, 0.15) is 10.8 Å². The molecule has 1 fully saturated rings. The summed E-state index contributed by atoms with van der Waals surface area (Å²) in [4.78, 5) is 38.2. The zero-order chi connectivity index (χ0) is 24.3. The van der Waals surface area contributed by atoms with Crippen LogP contribution in [-0.4, -0.2) is 75.2 Å². The monoisotopic (exact) mass is 498 g/mol. The minimum Gasteiger partial charge on any atom is -0.465 e. The van der Waals surface area contributed by atoms with Gasteiger partial charge in [-0.1, -0.05) is 0 Å². The average molecular weight is 499 g/mol. The summed E-state index contributed by atoms with van der Waals surface area (Å²) in [6.07, 6.45) is 0. The van der Waals surface area contributed by atoms with Gasteiger partial charge >= 0.3 is 5.97 Å². The topological polar surface area (TPSA) is 139 Å². The van der Waals surface area contributed by atoms with Crippen molar-refractivity contribution in [3.05, 3.63) is 46.1 Å². The van der Waals surface area contributed by atoms with Crippen LogP contribution in [0.3, 0.4) is 0 Å². The summed E-state index contributed by atoms with van der Waals surface area (Å²) in [5, 5.41) is 2.79. The lowest BCUT2D eigenvalue weighted by Gasteiger charge is -2.33. The molecule has 13 heteroatoms. The van der Waals surface area contributed by atoms with Gasteiger partial charge in [0.2, 0.25) is 15.9 Å². The van der Waals surface area contributed by atoms with E-state index in [4.69, 9.17) is 10.5 Å². The number of amides is 2. The summed E-state index contributed by atoms with van der Waals surface area (Å²) >= 11 is 0.891. The molecule has 33 heavy (non-hydrogen) atoms. The number of hydrogen-bond donors (Lipinski definition) is 2. The lowest BCUT2D eigenvalue weighted by molar-refractivity contribution is -0.117. The van der Waals surface area contributed by atoms with Crippen molar-refractivity contribution in [3.63, 3.8) is 0 Å². The average Bonchev–Trinajstić information content (AvgIpc) is 3.09. The number of nitrogens with one attached hydrogen (secondary N) is 1. The second kappa shape index (κ2) is 9.95. The van der Waals surface area contributed by atoms with Gasteiger partial charge in [0.25, 0.3) is 5.91 Å². The van der Waals surface area contributed by atoms with E-state index in [0.29, 0.717) is 18.7 Å². The molecule has 0 radical (unpaired) electrons. The molecule has 2 heterocycles. The van der Waals surface area contributed by atoms with Crippen molar-refractivity contribution < 1.29 is 31.9 Å². The molecule has 0 bridgehead atoms. The van der Waals surface area contributed by atoms with Crippen molar-refractivity contribution in [2.24, 2.45) is 5.73 Å². The van der Waals surface area contributed by atoms with Crippen LogP contribution in [0.5, 0.6) is 0 Å². The maximum Gasteiger partial charge on any atom is 0.341 e. The number of benzene rings is 1. The molecule has 0 spiro atoms. The molecule has 0 aliphatic carbocycles. The number of thiophene rings is 1. The number of anilines is 1. The minimum atomic E-state index is -3.76. The number of methoxy groups -OCH3 is 1. The molecule has 3 N–H and O–H groups in total. The summed E-state index contributed by atoms with van der Waals surface area (Å²) < 4.78 is 44.5. The van der Waals surface area contributed by atoms with Crippen molar-refractivity contribution in [3.8, 4) is 0 Å². The molecule has 1 aromatic carbocycles. The van der Waals surface area contributed by atoms with Crippen molar-refractivity contribution in [1.29, 1.82) is 0 Å². The number of nitrogens with two attached hydrogens (primary N) is 1. The predicted molar refractivity (Wildman–Crippen MR) is 119 cm³/mol. The quantitative estimate of drug-likeness (QED) is 0.544. The third-order valence-electron chi connectivity index (χ3n) is 5.16. The van der Waals surface area contributed by atoms with Crippen LogP contribution < -0.4 is 11.1 Å². The number of rotatable bonds is 7. The number of piperazine rings is 1. The van der Waals surface area contributed by atoms with Gasteiger partial charge in [-0.05, 0) is 36.8 Å². The van der Waals surface area contributed by atoms with E-state index < -0.39 is 33.6 Å². The zero-order valence-electron chi connectivity index (χ0n) is 18.0. The molecule has 1 aromatic heterocycles. The summed E-state index contributed by atoms with van der Waals surface area (Å²) in [6.45, 7) is 2.41. The SMILES string of the molecule is COC(=O)c1c(NC(=O)CN2CCN(S(=O)(=O)c3ccc(F)cc3)CC2)sc(C(N)=O)c1C. The van der Waals surface area contributed by atoms with E-state index in [9.17, 15) is 27.2 Å². The zero-order valence-corrected chi connectivity index (χ0v) is 19.6. The molecule has 10 nitrogen and oxygen atoms in total. The second-order valence-electron chi connectivity index (χ2n) is 7.30. The fourth-order valence-electron chi connectivity index (χ4n) is 3.44. The lowest BCUT2D eigenvalue weighted by Crippen LogP contribution is -2.50. The van der Waals surface area contributed by atoms with Crippen LogP contribution in [0, 0.1) is 12.7 Å². The van der Waals surface area contributed by atoms with E-state index in [2.05, 4.69) is 5.32 Å². The standard InChI is InChI=1S/C20H23FN4O6S2/c1-12-16(20(28)31-2)19(32-17(12)18(22)27)23-15(26)11-24-7-9-25(10-8-24)33(29,30)14-5-3-13(21)4-6-14/h3-6H,7-11H2,1-2H3,(H2,22,27)(H,23,26). The van der Waals surface area contributed by atoms with Gasteiger partial charge in [-0.25, -0.2) is 17.6 Å². The first-order valence-electron chi connectivity index (χ1n) is 9.84. The molecule has 2 aromatic rings. The number of esters is 1. The van der Waals surface area contributed by atoms with Crippen molar-refractivity contribution >= 4 is 44.1 Å². The highest BCUT2D eigenvalue weighted by Crippen LogP contribution is 2.33. The number of ether oxygens (including phenoxy) is 1. The Bertz CT molecular complexity index is 1170. The number of halogens is 1. The van der Waals surface area contributed by atoms with Gasteiger partial charge in [0.05, 0.1) is 29.0 Å². The highest BCUT2D eigenvalue weighted by molar-refractivity contribution is 7.89. The first-order valence-corrected chi connectivity index (χ1v) is 12.1.